The zero-order chi connectivity index (χ0) is 15.0. The van der Waals surface area contributed by atoms with E-state index in [2.05, 4.69) is 11.9 Å². The molecule has 0 atom stereocenters. The average Bonchev–Trinajstić information content (AvgIpc) is 2.91. The standard InChI is InChI=1S/C15H23NO3S/c1-10-5-7-15(19-4,8-6-10)12-16-11(9-20-12)14(2,3)13(17)18/h9-10H,5-8H2,1-4H3,(H,17,18). The van der Waals surface area contributed by atoms with Crippen molar-refractivity contribution in [1.29, 1.82) is 0 Å². The molecule has 4 nitrogen and oxygen atoms in total. The molecule has 1 fully saturated rings. The van der Waals surface area contributed by atoms with Gasteiger partial charge < -0.3 is 9.84 Å². The van der Waals surface area contributed by atoms with Crippen molar-refractivity contribution < 1.29 is 14.6 Å². The molecule has 1 saturated carbocycles. The first kappa shape index (κ1) is 15.4. The van der Waals surface area contributed by atoms with Crippen molar-refractivity contribution >= 4 is 17.3 Å². The van der Waals surface area contributed by atoms with Crippen LogP contribution < -0.4 is 0 Å². The van der Waals surface area contributed by atoms with Crippen molar-refractivity contribution in [3.63, 3.8) is 0 Å². The van der Waals surface area contributed by atoms with Gasteiger partial charge in [0.1, 0.15) is 16.0 Å². The van der Waals surface area contributed by atoms with Crippen LogP contribution in [0, 0.1) is 5.92 Å². The van der Waals surface area contributed by atoms with Gasteiger partial charge in [0.15, 0.2) is 0 Å². The summed E-state index contributed by atoms with van der Waals surface area (Å²) in [7, 11) is 1.74. The minimum Gasteiger partial charge on any atom is -0.481 e. The molecule has 0 saturated heterocycles. The first-order valence-corrected chi connectivity index (χ1v) is 7.95. The van der Waals surface area contributed by atoms with Gasteiger partial charge in [-0.3, -0.25) is 4.79 Å². The van der Waals surface area contributed by atoms with Crippen LogP contribution in [0.15, 0.2) is 5.38 Å². The Morgan fingerprint density at radius 1 is 1.50 bits per heavy atom. The smallest absolute Gasteiger partial charge is 0.315 e. The number of ether oxygens (including phenoxy) is 1. The number of thiazole rings is 1. The molecule has 1 aliphatic rings. The number of hydrogen-bond acceptors (Lipinski definition) is 4. The topological polar surface area (TPSA) is 59.4 Å². The molecule has 1 N–H and O–H groups in total. The van der Waals surface area contributed by atoms with Gasteiger partial charge in [-0.25, -0.2) is 4.98 Å². The van der Waals surface area contributed by atoms with Crippen LogP contribution >= 0.6 is 11.3 Å². The van der Waals surface area contributed by atoms with Gasteiger partial charge in [0.05, 0.1) is 5.69 Å². The quantitative estimate of drug-likeness (QED) is 0.923. The minimum absolute atomic E-state index is 0.315. The van der Waals surface area contributed by atoms with Gasteiger partial charge in [-0.2, -0.15) is 0 Å². The van der Waals surface area contributed by atoms with Crippen molar-refractivity contribution in [3.8, 4) is 0 Å². The second-order valence-electron chi connectivity index (χ2n) is 6.35. The predicted octanol–water partition coefficient (Wildman–Crippen LogP) is 3.56. The van der Waals surface area contributed by atoms with Crippen LogP contribution in [0.3, 0.4) is 0 Å². The first-order valence-electron chi connectivity index (χ1n) is 7.07. The Kier molecular flexibility index (Phi) is 4.21. The number of aliphatic carboxylic acids is 1. The lowest BCUT2D eigenvalue weighted by molar-refractivity contribution is -0.142. The highest BCUT2D eigenvalue weighted by atomic mass is 32.1. The fraction of sp³-hybridized carbons (Fsp3) is 0.733. The lowest BCUT2D eigenvalue weighted by Crippen LogP contribution is -2.34. The molecule has 0 aliphatic heterocycles. The minimum atomic E-state index is -0.953. The van der Waals surface area contributed by atoms with E-state index in [4.69, 9.17) is 4.74 Å². The fourth-order valence-corrected chi connectivity index (χ4v) is 3.84. The van der Waals surface area contributed by atoms with E-state index in [1.54, 1.807) is 21.0 Å². The van der Waals surface area contributed by atoms with Gasteiger partial charge in [-0.1, -0.05) is 6.92 Å². The summed E-state index contributed by atoms with van der Waals surface area (Å²) in [6, 6.07) is 0. The second kappa shape index (κ2) is 5.45. The molecule has 0 radical (unpaired) electrons. The van der Waals surface area contributed by atoms with Gasteiger partial charge in [0.25, 0.3) is 0 Å². The highest BCUT2D eigenvalue weighted by Crippen LogP contribution is 2.43. The fourth-order valence-electron chi connectivity index (χ4n) is 2.61. The van der Waals surface area contributed by atoms with Crippen molar-refractivity contribution in [2.75, 3.05) is 7.11 Å². The van der Waals surface area contributed by atoms with Gasteiger partial charge in [-0.15, -0.1) is 11.3 Å². The summed E-state index contributed by atoms with van der Waals surface area (Å²) in [5.41, 5.74) is -0.643. The summed E-state index contributed by atoms with van der Waals surface area (Å²) in [5, 5.41) is 12.1. The van der Waals surface area contributed by atoms with Gasteiger partial charge in [0, 0.05) is 12.5 Å². The van der Waals surface area contributed by atoms with E-state index in [1.165, 1.54) is 11.3 Å². The molecule has 0 aromatic carbocycles. The summed E-state index contributed by atoms with van der Waals surface area (Å²) in [6.45, 7) is 5.65. The van der Waals surface area contributed by atoms with Crippen LogP contribution in [-0.4, -0.2) is 23.2 Å². The maximum Gasteiger partial charge on any atom is 0.315 e. The number of rotatable bonds is 4. The Bertz CT molecular complexity index is 487. The number of carboxylic acid groups (broad SMARTS) is 1. The highest BCUT2D eigenvalue weighted by molar-refractivity contribution is 7.09. The summed E-state index contributed by atoms with van der Waals surface area (Å²) < 4.78 is 5.80. The predicted molar refractivity (Wildman–Crippen MR) is 79.1 cm³/mol. The zero-order valence-electron chi connectivity index (χ0n) is 12.6. The zero-order valence-corrected chi connectivity index (χ0v) is 13.4. The summed E-state index contributed by atoms with van der Waals surface area (Å²) >= 11 is 1.53. The van der Waals surface area contributed by atoms with E-state index in [9.17, 15) is 9.90 Å². The number of methoxy groups -OCH3 is 1. The summed E-state index contributed by atoms with van der Waals surface area (Å²) in [6.07, 6.45) is 4.19. The van der Waals surface area contributed by atoms with Crippen LogP contribution in [0.5, 0.6) is 0 Å². The van der Waals surface area contributed by atoms with E-state index in [0.717, 1.165) is 36.6 Å². The molecule has 0 bridgehead atoms. The van der Waals surface area contributed by atoms with E-state index >= 15 is 0 Å². The van der Waals surface area contributed by atoms with Crippen LogP contribution in [-0.2, 0) is 20.5 Å². The Morgan fingerprint density at radius 2 is 2.10 bits per heavy atom. The van der Waals surface area contributed by atoms with E-state index in [0.29, 0.717) is 5.69 Å². The molecule has 20 heavy (non-hydrogen) atoms. The van der Waals surface area contributed by atoms with Crippen molar-refractivity contribution in [2.45, 2.75) is 57.5 Å². The maximum absolute atomic E-state index is 11.3. The largest absolute Gasteiger partial charge is 0.481 e. The van der Waals surface area contributed by atoms with Gasteiger partial charge >= 0.3 is 5.97 Å². The molecule has 0 amide bonds. The number of aromatic nitrogens is 1. The van der Waals surface area contributed by atoms with Crippen LogP contribution in [0.2, 0.25) is 0 Å². The summed E-state index contributed by atoms with van der Waals surface area (Å²) in [4.78, 5) is 15.9. The molecule has 1 aromatic heterocycles. The number of carbonyl (C=O) groups is 1. The van der Waals surface area contributed by atoms with Crippen molar-refractivity contribution in [3.05, 3.63) is 16.1 Å². The molecule has 1 aromatic rings. The molecule has 112 valence electrons. The lowest BCUT2D eigenvalue weighted by Gasteiger charge is -2.36. The van der Waals surface area contributed by atoms with Crippen LogP contribution in [0.1, 0.15) is 57.2 Å². The molecular weight excluding hydrogens is 274 g/mol. The third kappa shape index (κ3) is 2.61. The van der Waals surface area contributed by atoms with Gasteiger partial charge in [-0.05, 0) is 45.4 Å². The molecule has 2 rings (SSSR count). The Balaban J connectivity index is 2.29. The number of nitrogens with zero attached hydrogens (tertiary/aromatic N) is 1. The molecule has 1 heterocycles. The molecule has 0 unspecified atom stereocenters. The molecule has 5 heteroatoms. The third-order valence-electron chi connectivity index (χ3n) is 4.54. The van der Waals surface area contributed by atoms with Gasteiger partial charge in [0.2, 0.25) is 0 Å². The second-order valence-corrected chi connectivity index (χ2v) is 7.21. The van der Waals surface area contributed by atoms with Crippen LogP contribution in [0.4, 0.5) is 0 Å². The molecule has 1 aliphatic carbocycles. The number of carboxylic acids is 1. The Morgan fingerprint density at radius 3 is 2.60 bits per heavy atom. The summed E-state index contributed by atoms with van der Waals surface area (Å²) in [5.74, 6) is -0.119. The maximum atomic E-state index is 11.3. The number of hydrogen-bond donors (Lipinski definition) is 1. The SMILES string of the molecule is COC1(c2nc(C(C)(C)C(=O)O)cs2)CCC(C)CC1. The molecule has 0 spiro atoms. The first-order chi connectivity index (χ1) is 9.32. The lowest BCUT2D eigenvalue weighted by atomic mass is 9.79. The van der Waals surface area contributed by atoms with Crippen molar-refractivity contribution in [2.24, 2.45) is 5.92 Å². The van der Waals surface area contributed by atoms with Crippen LogP contribution in [0.25, 0.3) is 0 Å². The normalized spacial score (nSPS) is 27.5. The Labute approximate surface area is 124 Å². The van der Waals surface area contributed by atoms with E-state index in [-0.39, 0.29) is 5.60 Å². The van der Waals surface area contributed by atoms with E-state index < -0.39 is 11.4 Å². The van der Waals surface area contributed by atoms with E-state index in [1.807, 2.05) is 5.38 Å². The van der Waals surface area contributed by atoms with Crippen molar-refractivity contribution in [1.82, 2.24) is 4.98 Å². The monoisotopic (exact) mass is 297 g/mol. The molecular formula is C15H23NO3S. The Hall–Kier alpha value is -0.940. The third-order valence-corrected chi connectivity index (χ3v) is 5.57. The highest BCUT2D eigenvalue weighted by Gasteiger charge is 2.40. The average molecular weight is 297 g/mol.